The van der Waals surface area contributed by atoms with Crippen LogP contribution in [0.3, 0.4) is 0 Å². The van der Waals surface area contributed by atoms with E-state index in [-0.39, 0.29) is 11.8 Å². The van der Waals surface area contributed by atoms with Gasteiger partial charge in [0, 0.05) is 50.1 Å². The molecule has 3 heterocycles. The molecule has 0 unspecified atom stereocenters. The Kier molecular flexibility index (Phi) is 6.91. The molecule has 1 aliphatic carbocycles. The summed E-state index contributed by atoms with van der Waals surface area (Å²) in [6.07, 6.45) is 8.59. The molecule has 0 N–H and O–H groups in total. The van der Waals surface area contributed by atoms with Crippen LogP contribution >= 0.6 is 11.3 Å². The van der Waals surface area contributed by atoms with Gasteiger partial charge in [0.25, 0.3) is 5.91 Å². The highest BCUT2D eigenvalue weighted by Gasteiger charge is 2.32. The molecule has 1 atom stereocenters. The molecule has 29 heavy (non-hydrogen) atoms. The van der Waals surface area contributed by atoms with E-state index < -0.39 is 0 Å². The van der Waals surface area contributed by atoms with Crippen molar-refractivity contribution in [1.82, 2.24) is 14.7 Å². The van der Waals surface area contributed by atoms with Gasteiger partial charge in [-0.1, -0.05) is 19.8 Å². The van der Waals surface area contributed by atoms with E-state index in [0.717, 1.165) is 82.8 Å². The molecule has 6 heteroatoms. The predicted molar refractivity (Wildman–Crippen MR) is 118 cm³/mol. The minimum atomic E-state index is 0.0935. The number of piperazine rings is 1. The molecular formula is C23H35N3O2S. The molecule has 2 fully saturated rings. The van der Waals surface area contributed by atoms with Gasteiger partial charge in [-0.3, -0.25) is 14.5 Å². The molecule has 0 radical (unpaired) electrons. The van der Waals surface area contributed by atoms with Gasteiger partial charge < -0.3 is 9.80 Å². The van der Waals surface area contributed by atoms with E-state index in [4.69, 9.17) is 0 Å². The molecule has 160 valence electrons. The minimum Gasteiger partial charge on any atom is -0.340 e. The second-order valence-electron chi connectivity index (χ2n) is 8.87. The van der Waals surface area contributed by atoms with Crippen LogP contribution in [0.1, 0.15) is 65.6 Å². The van der Waals surface area contributed by atoms with Gasteiger partial charge in [-0.15, -0.1) is 11.3 Å². The molecule has 1 aromatic heterocycles. The summed E-state index contributed by atoms with van der Waals surface area (Å²) in [6, 6.07) is 2.10. The molecule has 2 aliphatic heterocycles. The first-order valence-corrected chi connectivity index (χ1v) is 12.4. The lowest BCUT2D eigenvalue weighted by Crippen LogP contribution is -2.50. The molecule has 2 saturated heterocycles. The Morgan fingerprint density at radius 2 is 1.72 bits per heavy atom. The number of hydrogen-bond donors (Lipinski definition) is 0. The second kappa shape index (κ2) is 9.61. The van der Waals surface area contributed by atoms with E-state index >= 15 is 0 Å². The molecule has 0 bridgehead atoms. The Labute approximate surface area is 179 Å². The van der Waals surface area contributed by atoms with Gasteiger partial charge in [0.1, 0.15) is 0 Å². The van der Waals surface area contributed by atoms with E-state index in [0.29, 0.717) is 5.91 Å². The first-order valence-electron chi connectivity index (χ1n) is 11.6. The van der Waals surface area contributed by atoms with Crippen molar-refractivity contribution < 1.29 is 9.59 Å². The van der Waals surface area contributed by atoms with Crippen LogP contribution in [0.5, 0.6) is 0 Å². The number of nitrogens with zero attached hydrogens (tertiary/aromatic N) is 3. The first-order chi connectivity index (χ1) is 14.2. The highest BCUT2D eigenvalue weighted by molar-refractivity contribution is 7.14. The lowest BCUT2D eigenvalue weighted by molar-refractivity contribution is -0.137. The number of hydrogen-bond acceptors (Lipinski definition) is 4. The van der Waals surface area contributed by atoms with Gasteiger partial charge in [0.15, 0.2) is 0 Å². The third kappa shape index (κ3) is 4.85. The monoisotopic (exact) mass is 417 g/mol. The van der Waals surface area contributed by atoms with E-state index in [1.54, 1.807) is 11.3 Å². The lowest BCUT2D eigenvalue weighted by Gasteiger charge is -2.37. The summed E-state index contributed by atoms with van der Waals surface area (Å²) in [7, 11) is 0. The number of carbonyl (C=O) groups excluding carboxylic acids is 2. The summed E-state index contributed by atoms with van der Waals surface area (Å²) in [5.74, 6) is 0.635. The van der Waals surface area contributed by atoms with Crippen LogP contribution < -0.4 is 0 Å². The Morgan fingerprint density at radius 3 is 2.41 bits per heavy atom. The number of fused-ring (bicyclic) bond motifs is 1. The zero-order valence-corrected chi connectivity index (χ0v) is 18.6. The van der Waals surface area contributed by atoms with Crippen molar-refractivity contribution in [3.8, 4) is 0 Å². The van der Waals surface area contributed by atoms with Crippen LogP contribution in [0.4, 0.5) is 0 Å². The van der Waals surface area contributed by atoms with Crippen LogP contribution in [-0.2, 0) is 17.6 Å². The largest absolute Gasteiger partial charge is 0.340 e. The van der Waals surface area contributed by atoms with Crippen molar-refractivity contribution in [2.24, 2.45) is 5.92 Å². The average molecular weight is 418 g/mol. The van der Waals surface area contributed by atoms with Gasteiger partial charge in [-0.2, -0.15) is 0 Å². The van der Waals surface area contributed by atoms with Crippen molar-refractivity contribution in [3.05, 3.63) is 21.4 Å². The van der Waals surface area contributed by atoms with Crippen LogP contribution in [0.2, 0.25) is 0 Å². The number of aryl methyl sites for hydroxylation is 1. The maximum atomic E-state index is 13.1. The summed E-state index contributed by atoms with van der Waals surface area (Å²) in [4.78, 5) is 34.9. The summed E-state index contributed by atoms with van der Waals surface area (Å²) in [5.41, 5.74) is 1.25. The molecule has 5 nitrogen and oxygen atoms in total. The fraction of sp³-hybridized carbons (Fsp3) is 0.739. The highest BCUT2D eigenvalue weighted by atomic mass is 32.1. The third-order valence-corrected chi connectivity index (χ3v) is 7.99. The second-order valence-corrected chi connectivity index (χ2v) is 10.0. The number of likely N-dealkylation sites (tertiary alicyclic amines) is 1. The molecular weight excluding hydrogens is 382 g/mol. The number of amides is 2. The Morgan fingerprint density at radius 1 is 1.00 bits per heavy atom. The van der Waals surface area contributed by atoms with Gasteiger partial charge in [0.05, 0.1) is 4.88 Å². The van der Waals surface area contributed by atoms with Crippen molar-refractivity contribution >= 4 is 23.2 Å². The molecule has 4 rings (SSSR count). The van der Waals surface area contributed by atoms with E-state index in [1.807, 2.05) is 4.90 Å². The smallest absolute Gasteiger partial charge is 0.263 e. The van der Waals surface area contributed by atoms with E-state index in [2.05, 4.69) is 22.8 Å². The minimum absolute atomic E-state index is 0.0935. The van der Waals surface area contributed by atoms with Gasteiger partial charge in [-0.05, 0) is 56.7 Å². The van der Waals surface area contributed by atoms with Crippen molar-refractivity contribution in [1.29, 1.82) is 0 Å². The lowest BCUT2D eigenvalue weighted by atomic mass is 9.87. The zero-order chi connectivity index (χ0) is 20.2. The standard InChI is InChI=1S/C23H35N3O2S/c1-2-9-24-12-14-26(15-13-24)22(27)18-7-8-20-19(16-18)17-21(29-20)23(28)25-10-5-3-4-6-11-25/h17-18H,2-16H2,1H3/t18-/m0/s1. The highest BCUT2D eigenvalue weighted by Crippen LogP contribution is 2.34. The number of carbonyl (C=O) groups is 2. The van der Waals surface area contributed by atoms with Crippen LogP contribution in [0.25, 0.3) is 0 Å². The summed E-state index contributed by atoms with van der Waals surface area (Å²) < 4.78 is 0. The van der Waals surface area contributed by atoms with Crippen LogP contribution in [0, 0.1) is 5.92 Å². The summed E-state index contributed by atoms with van der Waals surface area (Å²) in [5, 5.41) is 0. The Balaban J connectivity index is 1.36. The Bertz CT molecular complexity index is 716. The normalized spacial score (nSPS) is 23.6. The first kappa shape index (κ1) is 20.9. The van der Waals surface area contributed by atoms with Gasteiger partial charge >= 0.3 is 0 Å². The zero-order valence-electron chi connectivity index (χ0n) is 17.8. The number of rotatable bonds is 4. The van der Waals surface area contributed by atoms with Crippen molar-refractivity contribution in [2.75, 3.05) is 45.8 Å². The quantitative estimate of drug-likeness (QED) is 0.754. The molecule has 2 amide bonds. The van der Waals surface area contributed by atoms with Crippen molar-refractivity contribution in [2.45, 2.75) is 58.3 Å². The van der Waals surface area contributed by atoms with E-state index in [9.17, 15) is 9.59 Å². The average Bonchev–Trinajstić information content (AvgIpc) is 2.98. The molecule has 1 aromatic rings. The van der Waals surface area contributed by atoms with Crippen LogP contribution in [-0.4, -0.2) is 72.3 Å². The fourth-order valence-corrected chi connectivity index (χ4v) is 6.21. The van der Waals surface area contributed by atoms with Crippen molar-refractivity contribution in [3.63, 3.8) is 0 Å². The van der Waals surface area contributed by atoms with Crippen LogP contribution in [0.15, 0.2) is 6.07 Å². The molecule has 0 saturated carbocycles. The van der Waals surface area contributed by atoms with Gasteiger partial charge in [-0.25, -0.2) is 0 Å². The molecule has 3 aliphatic rings. The SMILES string of the molecule is CCCN1CCN(C(=O)[C@H]2CCc3sc(C(=O)N4CCCCCC4)cc3C2)CC1. The summed E-state index contributed by atoms with van der Waals surface area (Å²) >= 11 is 1.68. The van der Waals surface area contributed by atoms with E-state index in [1.165, 1.54) is 29.7 Å². The fourth-order valence-electron chi connectivity index (χ4n) is 5.04. The Hall–Kier alpha value is -1.40. The maximum absolute atomic E-state index is 13.1. The molecule has 0 spiro atoms. The number of thiophene rings is 1. The van der Waals surface area contributed by atoms with Gasteiger partial charge in [0.2, 0.25) is 5.91 Å². The third-order valence-electron chi connectivity index (χ3n) is 6.76. The maximum Gasteiger partial charge on any atom is 0.263 e. The predicted octanol–water partition coefficient (Wildman–Crippen LogP) is 3.42. The summed E-state index contributed by atoms with van der Waals surface area (Å²) in [6.45, 7) is 8.88. The topological polar surface area (TPSA) is 43.9 Å². The molecule has 0 aromatic carbocycles.